The number of rotatable bonds is 2. The lowest BCUT2D eigenvalue weighted by molar-refractivity contribution is 0.466. The predicted molar refractivity (Wildman–Crippen MR) is 88.0 cm³/mol. The average molecular weight is 281 g/mol. The van der Waals surface area contributed by atoms with Crippen LogP contribution in [0.4, 0.5) is 5.69 Å². The fourth-order valence-electron chi connectivity index (χ4n) is 3.33. The Labute approximate surface area is 127 Å². The lowest BCUT2D eigenvalue weighted by atomic mass is 9.95. The topological polar surface area (TPSA) is 23.5 Å². The van der Waals surface area contributed by atoms with Gasteiger partial charge in [0.15, 0.2) is 0 Å². The van der Waals surface area contributed by atoms with Crippen LogP contribution in [0.3, 0.4) is 0 Å². The van der Waals surface area contributed by atoms with Gasteiger partial charge in [0, 0.05) is 18.3 Å². The molecule has 1 atom stereocenters. The molecule has 2 heteroatoms. The molecule has 2 aromatic rings. The first-order valence-corrected chi connectivity index (χ1v) is 7.70. The molecule has 0 radical (unpaired) electrons. The smallest absolute Gasteiger partial charge is 0.121 e. The molecule has 0 amide bonds. The Hall–Kier alpha value is -1.96. The summed E-state index contributed by atoms with van der Waals surface area (Å²) in [7, 11) is 0. The van der Waals surface area contributed by atoms with Gasteiger partial charge in [0.2, 0.25) is 0 Å². The predicted octanol–water partition coefficient (Wildman–Crippen LogP) is 4.35. The third-order valence-corrected chi connectivity index (χ3v) is 4.57. The minimum absolute atomic E-state index is 0.422. The van der Waals surface area contributed by atoms with Gasteiger partial charge in [-0.25, -0.2) is 0 Å². The van der Waals surface area contributed by atoms with Gasteiger partial charge in [0.25, 0.3) is 0 Å². The quantitative estimate of drug-likeness (QED) is 0.884. The van der Waals surface area contributed by atoms with E-state index in [1.807, 2.05) is 13.8 Å². The first-order chi connectivity index (χ1) is 10.1. The summed E-state index contributed by atoms with van der Waals surface area (Å²) in [5.74, 6) is 0.422. The number of fused-ring (bicyclic) bond motifs is 1. The van der Waals surface area contributed by atoms with Crippen LogP contribution in [-0.2, 0) is 13.0 Å². The first kappa shape index (κ1) is 14.0. The molecule has 1 heterocycles. The van der Waals surface area contributed by atoms with Gasteiger partial charge < -0.3 is 10.0 Å². The molecule has 0 saturated carbocycles. The minimum Gasteiger partial charge on any atom is -0.507 e. The number of para-hydroxylation sites is 1. The van der Waals surface area contributed by atoms with Crippen LogP contribution >= 0.6 is 0 Å². The molecule has 2 aromatic carbocycles. The Kier molecular flexibility index (Phi) is 3.62. The van der Waals surface area contributed by atoms with Crippen molar-refractivity contribution in [3.63, 3.8) is 0 Å². The van der Waals surface area contributed by atoms with E-state index in [0.717, 1.165) is 17.7 Å². The molecule has 1 unspecified atom stereocenters. The summed E-state index contributed by atoms with van der Waals surface area (Å²) in [5, 5.41) is 9.93. The molecule has 1 N–H and O–H groups in total. The van der Waals surface area contributed by atoms with Crippen LogP contribution in [0.1, 0.15) is 35.6 Å². The standard InChI is InChI=1S/C19H23NO/c1-13-10-16(11-14(2)19(13)21)12-20-15(3)8-9-17-6-4-5-7-18(17)20/h4-7,10-11,15,21H,8-9,12H2,1-3H3. The van der Waals surface area contributed by atoms with E-state index in [-0.39, 0.29) is 0 Å². The molecule has 0 bridgehead atoms. The Bertz CT molecular complexity index is 639. The highest BCUT2D eigenvalue weighted by atomic mass is 16.3. The van der Waals surface area contributed by atoms with Gasteiger partial charge >= 0.3 is 0 Å². The number of hydrogen-bond acceptors (Lipinski definition) is 2. The fourth-order valence-corrected chi connectivity index (χ4v) is 3.33. The molecule has 1 aliphatic rings. The molecule has 1 aliphatic heterocycles. The number of anilines is 1. The highest BCUT2D eigenvalue weighted by Gasteiger charge is 2.22. The lowest BCUT2D eigenvalue weighted by Gasteiger charge is -2.37. The summed E-state index contributed by atoms with van der Waals surface area (Å²) in [6, 6.07) is 13.5. The van der Waals surface area contributed by atoms with Crippen molar-refractivity contribution in [3.8, 4) is 5.75 Å². The summed E-state index contributed by atoms with van der Waals surface area (Å²) >= 11 is 0. The summed E-state index contributed by atoms with van der Waals surface area (Å²) in [6.07, 6.45) is 2.37. The molecular weight excluding hydrogens is 258 g/mol. The number of nitrogens with zero attached hydrogens (tertiary/aromatic N) is 1. The Morgan fingerprint density at radius 2 is 1.81 bits per heavy atom. The maximum atomic E-state index is 9.93. The third kappa shape index (κ3) is 2.63. The molecule has 3 rings (SSSR count). The molecule has 21 heavy (non-hydrogen) atoms. The van der Waals surface area contributed by atoms with Gasteiger partial charge in [0.1, 0.15) is 5.75 Å². The summed E-state index contributed by atoms with van der Waals surface area (Å²) in [4.78, 5) is 2.49. The number of aryl methyl sites for hydroxylation is 3. The molecule has 0 saturated heterocycles. The van der Waals surface area contributed by atoms with Gasteiger partial charge in [-0.15, -0.1) is 0 Å². The van der Waals surface area contributed by atoms with Crippen molar-refractivity contribution in [2.45, 2.75) is 46.2 Å². The first-order valence-electron chi connectivity index (χ1n) is 7.70. The van der Waals surface area contributed by atoms with Crippen LogP contribution in [0.15, 0.2) is 36.4 Å². The van der Waals surface area contributed by atoms with Crippen molar-refractivity contribution < 1.29 is 5.11 Å². The second kappa shape index (κ2) is 5.44. The van der Waals surface area contributed by atoms with Gasteiger partial charge in [-0.2, -0.15) is 0 Å². The largest absolute Gasteiger partial charge is 0.507 e. The second-order valence-electron chi connectivity index (χ2n) is 6.22. The van der Waals surface area contributed by atoms with Gasteiger partial charge in [-0.1, -0.05) is 30.3 Å². The Balaban J connectivity index is 1.94. The molecular formula is C19H23NO. The maximum Gasteiger partial charge on any atom is 0.121 e. The fraction of sp³-hybridized carbons (Fsp3) is 0.368. The molecule has 0 fully saturated rings. The van der Waals surface area contributed by atoms with E-state index in [4.69, 9.17) is 0 Å². The number of aromatic hydroxyl groups is 1. The molecule has 0 aliphatic carbocycles. The van der Waals surface area contributed by atoms with Crippen LogP contribution in [0.2, 0.25) is 0 Å². The highest BCUT2D eigenvalue weighted by Crippen LogP contribution is 2.32. The van der Waals surface area contributed by atoms with Crippen molar-refractivity contribution in [2.75, 3.05) is 4.90 Å². The van der Waals surface area contributed by atoms with Crippen LogP contribution in [-0.4, -0.2) is 11.1 Å². The maximum absolute atomic E-state index is 9.93. The van der Waals surface area contributed by atoms with E-state index in [2.05, 4.69) is 48.2 Å². The van der Waals surface area contributed by atoms with E-state index in [0.29, 0.717) is 11.8 Å². The zero-order chi connectivity index (χ0) is 15.0. The second-order valence-corrected chi connectivity index (χ2v) is 6.22. The highest BCUT2D eigenvalue weighted by molar-refractivity contribution is 5.57. The van der Waals surface area contributed by atoms with Crippen molar-refractivity contribution >= 4 is 5.69 Å². The summed E-state index contributed by atoms with van der Waals surface area (Å²) in [5.41, 5.74) is 6.00. The van der Waals surface area contributed by atoms with Gasteiger partial charge in [-0.05, 0) is 61.9 Å². The molecule has 110 valence electrons. The van der Waals surface area contributed by atoms with Crippen molar-refractivity contribution in [3.05, 3.63) is 58.7 Å². The van der Waals surface area contributed by atoms with Crippen LogP contribution in [0.25, 0.3) is 0 Å². The van der Waals surface area contributed by atoms with E-state index >= 15 is 0 Å². The van der Waals surface area contributed by atoms with Crippen molar-refractivity contribution in [2.24, 2.45) is 0 Å². The Morgan fingerprint density at radius 1 is 1.14 bits per heavy atom. The molecule has 0 aromatic heterocycles. The van der Waals surface area contributed by atoms with E-state index in [1.165, 1.54) is 29.7 Å². The van der Waals surface area contributed by atoms with Crippen LogP contribution in [0, 0.1) is 13.8 Å². The lowest BCUT2D eigenvalue weighted by Crippen LogP contribution is -2.36. The number of hydrogen-bond donors (Lipinski definition) is 1. The normalized spacial score (nSPS) is 17.7. The zero-order valence-corrected chi connectivity index (χ0v) is 13.1. The molecule has 0 spiro atoms. The zero-order valence-electron chi connectivity index (χ0n) is 13.1. The van der Waals surface area contributed by atoms with Crippen LogP contribution < -0.4 is 4.90 Å². The Morgan fingerprint density at radius 3 is 2.52 bits per heavy atom. The summed E-state index contributed by atoms with van der Waals surface area (Å²) < 4.78 is 0. The van der Waals surface area contributed by atoms with Crippen LogP contribution in [0.5, 0.6) is 5.75 Å². The van der Waals surface area contributed by atoms with Crippen molar-refractivity contribution in [1.82, 2.24) is 0 Å². The minimum atomic E-state index is 0.422. The third-order valence-electron chi connectivity index (χ3n) is 4.57. The van der Waals surface area contributed by atoms with E-state index < -0.39 is 0 Å². The van der Waals surface area contributed by atoms with Gasteiger partial charge in [0.05, 0.1) is 0 Å². The van der Waals surface area contributed by atoms with Crippen molar-refractivity contribution in [1.29, 1.82) is 0 Å². The number of benzene rings is 2. The monoisotopic (exact) mass is 281 g/mol. The van der Waals surface area contributed by atoms with E-state index in [1.54, 1.807) is 0 Å². The molecule has 2 nitrogen and oxygen atoms in total. The summed E-state index contributed by atoms with van der Waals surface area (Å²) in [6.45, 7) is 7.15. The van der Waals surface area contributed by atoms with E-state index in [9.17, 15) is 5.11 Å². The van der Waals surface area contributed by atoms with Gasteiger partial charge in [-0.3, -0.25) is 0 Å². The number of phenols is 1. The average Bonchev–Trinajstić information content (AvgIpc) is 2.47. The number of phenolic OH excluding ortho intramolecular Hbond substituents is 1. The SMILES string of the molecule is Cc1cc(CN2c3ccccc3CCC2C)cc(C)c1O.